The van der Waals surface area contributed by atoms with Gasteiger partial charge in [-0.25, -0.2) is 5.43 Å². The molecule has 0 saturated carbocycles. The molecule has 0 unspecified atom stereocenters. The van der Waals surface area contributed by atoms with Gasteiger partial charge in [-0.1, -0.05) is 60.1 Å². The highest BCUT2D eigenvalue weighted by molar-refractivity contribution is 6.33. The second-order valence-corrected chi connectivity index (χ2v) is 4.41. The minimum absolute atomic E-state index is 0.294. The maximum atomic E-state index is 11.5. The van der Waals surface area contributed by atoms with Gasteiger partial charge < -0.3 is 0 Å². The first-order valence-corrected chi connectivity index (χ1v) is 6.44. The van der Waals surface area contributed by atoms with E-state index in [1.807, 2.05) is 48.5 Å². The summed E-state index contributed by atoms with van der Waals surface area (Å²) in [5.41, 5.74) is 4.12. The topological polar surface area (TPSA) is 41.5 Å². The van der Waals surface area contributed by atoms with Crippen molar-refractivity contribution in [2.45, 2.75) is 0 Å². The molecule has 0 radical (unpaired) electrons. The molecule has 1 N–H and O–H groups in total. The predicted octanol–water partition coefficient (Wildman–Crippen LogP) is 3.50. The minimum Gasteiger partial charge on any atom is -0.268 e. The largest absolute Gasteiger partial charge is 0.268 e. The minimum atomic E-state index is -0.294. The molecule has 20 heavy (non-hydrogen) atoms. The van der Waals surface area contributed by atoms with E-state index in [0.29, 0.717) is 5.02 Å². The van der Waals surface area contributed by atoms with Crippen molar-refractivity contribution in [1.82, 2.24) is 5.43 Å². The van der Waals surface area contributed by atoms with Crippen LogP contribution in [0.1, 0.15) is 11.1 Å². The van der Waals surface area contributed by atoms with E-state index in [9.17, 15) is 4.79 Å². The van der Waals surface area contributed by atoms with Crippen molar-refractivity contribution in [2.75, 3.05) is 0 Å². The quantitative estimate of drug-likeness (QED) is 0.521. The average molecular weight is 285 g/mol. The number of hydrazone groups is 1. The molecule has 0 heterocycles. The lowest BCUT2D eigenvalue weighted by molar-refractivity contribution is -0.116. The van der Waals surface area contributed by atoms with Crippen molar-refractivity contribution in [3.8, 4) is 0 Å². The third-order valence-electron chi connectivity index (χ3n) is 2.51. The molecule has 0 spiro atoms. The number of nitrogens with one attached hydrogen (secondary N) is 1. The van der Waals surface area contributed by atoms with E-state index in [1.54, 1.807) is 12.1 Å². The highest BCUT2D eigenvalue weighted by Crippen LogP contribution is 2.11. The van der Waals surface area contributed by atoms with E-state index in [1.165, 1.54) is 12.3 Å². The third-order valence-corrected chi connectivity index (χ3v) is 2.85. The Kier molecular flexibility index (Phi) is 5.09. The number of nitrogens with zero attached hydrogens (tertiary/aromatic N) is 1. The van der Waals surface area contributed by atoms with E-state index in [0.717, 1.165) is 11.1 Å². The smallest absolute Gasteiger partial charge is 0.264 e. The summed E-state index contributed by atoms with van der Waals surface area (Å²) in [6.07, 6.45) is 4.66. The normalized spacial score (nSPS) is 11.1. The molecule has 3 nitrogen and oxygen atoms in total. The van der Waals surface area contributed by atoms with Gasteiger partial charge in [0.2, 0.25) is 0 Å². The van der Waals surface area contributed by atoms with Crippen LogP contribution in [0, 0.1) is 0 Å². The number of hydrogen-bond donors (Lipinski definition) is 1. The van der Waals surface area contributed by atoms with Gasteiger partial charge in [0.05, 0.1) is 6.21 Å². The fraction of sp³-hybridized carbons (Fsp3) is 0. The number of amides is 1. The van der Waals surface area contributed by atoms with Gasteiger partial charge in [0.25, 0.3) is 5.91 Å². The molecule has 100 valence electrons. The van der Waals surface area contributed by atoms with Crippen LogP contribution >= 0.6 is 11.6 Å². The fourth-order valence-corrected chi connectivity index (χ4v) is 1.70. The lowest BCUT2D eigenvalue weighted by Gasteiger charge is -1.96. The van der Waals surface area contributed by atoms with Crippen LogP contribution in [0.15, 0.2) is 65.8 Å². The molecular formula is C16H13ClN2O. The lowest BCUT2D eigenvalue weighted by atomic mass is 10.2. The Labute approximate surface area is 122 Å². The molecule has 2 rings (SSSR count). The summed E-state index contributed by atoms with van der Waals surface area (Å²) in [5, 5.41) is 4.44. The van der Waals surface area contributed by atoms with Gasteiger partial charge in [-0.15, -0.1) is 0 Å². The molecule has 0 bridgehead atoms. The summed E-state index contributed by atoms with van der Waals surface area (Å²) >= 11 is 5.96. The van der Waals surface area contributed by atoms with Gasteiger partial charge in [-0.2, -0.15) is 5.10 Å². The monoisotopic (exact) mass is 284 g/mol. The van der Waals surface area contributed by atoms with Crippen molar-refractivity contribution in [3.63, 3.8) is 0 Å². The first-order chi connectivity index (χ1) is 9.75. The van der Waals surface area contributed by atoms with E-state index in [-0.39, 0.29) is 5.91 Å². The van der Waals surface area contributed by atoms with Crippen molar-refractivity contribution in [1.29, 1.82) is 0 Å². The molecule has 0 aliphatic carbocycles. The van der Waals surface area contributed by atoms with Gasteiger partial charge in [0.15, 0.2) is 0 Å². The molecule has 0 aromatic heterocycles. The summed E-state index contributed by atoms with van der Waals surface area (Å²) in [4.78, 5) is 11.5. The van der Waals surface area contributed by atoms with Crippen LogP contribution < -0.4 is 5.43 Å². The predicted molar refractivity (Wildman–Crippen MR) is 82.7 cm³/mol. The van der Waals surface area contributed by atoms with Crippen molar-refractivity contribution < 1.29 is 4.79 Å². The molecular weight excluding hydrogens is 272 g/mol. The number of hydrogen-bond acceptors (Lipinski definition) is 2. The summed E-state index contributed by atoms with van der Waals surface area (Å²) in [6, 6.07) is 16.8. The highest BCUT2D eigenvalue weighted by atomic mass is 35.5. The van der Waals surface area contributed by atoms with E-state index < -0.39 is 0 Å². The Morgan fingerprint density at radius 2 is 1.75 bits per heavy atom. The van der Waals surface area contributed by atoms with E-state index in [4.69, 9.17) is 11.6 Å². The summed E-state index contributed by atoms with van der Waals surface area (Å²) < 4.78 is 0. The van der Waals surface area contributed by atoms with Crippen LogP contribution in [0.2, 0.25) is 5.02 Å². The van der Waals surface area contributed by atoms with Crippen molar-refractivity contribution in [2.24, 2.45) is 5.10 Å². The fourth-order valence-electron chi connectivity index (χ4n) is 1.52. The lowest BCUT2D eigenvalue weighted by Crippen LogP contribution is -2.14. The van der Waals surface area contributed by atoms with Crippen molar-refractivity contribution >= 4 is 29.8 Å². The summed E-state index contributed by atoms with van der Waals surface area (Å²) in [7, 11) is 0. The molecule has 4 heteroatoms. The molecule has 0 aliphatic heterocycles. The maximum absolute atomic E-state index is 11.5. The molecule has 1 amide bonds. The van der Waals surface area contributed by atoms with Crippen molar-refractivity contribution in [3.05, 3.63) is 76.8 Å². The van der Waals surface area contributed by atoms with Gasteiger partial charge >= 0.3 is 0 Å². The molecule has 2 aromatic rings. The number of rotatable bonds is 4. The zero-order valence-electron chi connectivity index (χ0n) is 10.7. The first kappa shape index (κ1) is 14.0. The Morgan fingerprint density at radius 3 is 2.50 bits per heavy atom. The zero-order valence-corrected chi connectivity index (χ0v) is 11.4. The van der Waals surface area contributed by atoms with Crippen LogP contribution in [-0.2, 0) is 4.79 Å². The van der Waals surface area contributed by atoms with Gasteiger partial charge in [-0.3, -0.25) is 4.79 Å². The number of benzene rings is 2. The number of carbonyl (C=O) groups is 1. The van der Waals surface area contributed by atoms with Gasteiger partial charge in [-0.05, 0) is 17.7 Å². The molecule has 0 atom stereocenters. The Hall–Kier alpha value is -2.39. The standard InChI is InChI=1S/C16H13ClN2O/c17-15-9-5-4-8-14(15)12-18-19-16(20)11-10-13-6-2-1-3-7-13/h1-12H,(H,19,20)/b11-10+,18-12-. The van der Waals surface area contributed by atoms with Crippen LogP contribution in [0.4, 0.5) is 0 Å². The second kappa shape index (κ2) is 7.26. The number of carbonyl (C=O) groups excluding carboxylic acids is 1. The third kappa shape index (κ3) is 4.37. The Morgan fingerprint density at radius 1 is 1.05 bits per heavy atom. The summed E-state index contributed by atoms with van der Waals surface area (Å²) in [6.45, 7) is 0. The van der Waals surface area contributed by atoms with E-state index >= 15 is 0 Å². The van der Waals surface area contributed by atoms with Crippen LogP contribution in [0.3, 0.4) is 0 Å². The van der Waals surface area contributed by atoms with Crippen LogP contribution in [0.25, 0.3) is 6.08 Å². The van der Waals surface area contributed by atoms with Crippen LogP contribution in [0.5, 0.6) is 0 Å². The Balaban J connectivity index is 1.90. The average Bonchev–Trinajstić information content (AvgIpc) is 2.48. The molecule has 0 aliphatic rings. The van der Waals surface area contributed by atoms with Gasteiger partial charge in [0.1, 0.15) is 0 Å². The molecule has 2 aromatic carbocycles. The molecule has 0 fully saturated rings. The highest BCUT2D eigenvalue weighted by Gasteiger charge is 1.95. The zero-order chi connectivity index (χ0) is 14.2. The van der Waals surface area contributed by atoms with Crippen LogP contribution in [-0.4, -0.2) is 12.1 Å². The Bertz CT molecular complexity index is 636. The molecule has 0 saturated heterocycles. The second-order valence-electron chi connectivity index (χ2n) is 4.00. The number of halogens is 1. The summed E-state index contributed by atoms with van der Waals surface area (Å²) in [5.74, 6) is -0.294. The first-order valence-electron chi connectivity index (χ1n) is 6.06. The van der Waals surface area contributed by atoms with E-state index in [2.05, 4.69) is 10.5 Å². The SMILES string of the molecule is O=C(/C=C/c1ccccc1)N/N=C\c1ccccc1Cl. The maximum Gasteiger partial charge on any atom is 0.264 e. The van der Waals surface area contributed by atoms with Gasteiger partial charge in [0, 0.05) is 16.7 Å².